The zero-order valence-corrected chi connectivity index (χ0v) is 8.75. The summed E-state index contributed by atoms with van der Waals surface area (Å²) in [7, 11) is 1.39. The van der Waals surface area contributed by atoms with Crippen molar-refractivity contribution in [3.05, 3.63) is 0 Å². The predicted molar refractivity (Wildman–Crippen MR) is 51.3 cm³/mol. The van der Waals surface area contributed by atoms with Gasteiger partial charge in [0.2, 0.25) is 0 Å². The normalized spacial score (nSPS) is 13.0. The first-order chi connectivity index (χ1) is 6.11. The van der Waals surface area contributed by atoms with Gasteiger partial charge in [-0.05, 0) is 18.8 Å². The molecular weight excluding hydrogens is 168 g/mol. The molecule has 0 saturated carbocycles. The molecule has 1 N–H and O–H groups in total. The summed E-state index contributed by atoms with van der Waals surface area (Å²) in [6.07, 6.45) is 2.32. The lowest BCUT2D eigenvalue weighted by molar-refractivity contribution is -0.146. The smallest absolute Gasteiger partial charge is 0.308 e. The van der Waals surface area contributed by atoms with Crippen LogP contribution in [-0.4, -0.2) is 24.8 Å². The molecule has 0 aliphatic heterocycles. The average Bonchev–Trinajstić information content (AvgIpc) is 2.10. The number of hydrogen-bond acceptors (Lipinski definition) is 3. The maximum absolute atomic E-state index is 11.2. The van der Waals surface area contributed by atoms with Crippen molar-refractivity contribution >= 4 is 5.97 Å². The lowest BCUT2D eigenvalue weighted by Gasteiger charge is -2.14. The third-order valence-corrected chi connectivity index (χ3v) is 2.10. The van der Waals surface area contributed by atoms with Crippen LogP contribution in [0.25, 0.3) is 0 Å². The summed E-state index contributed by atoms with van der Waals surface area (Å²) < 4.78 is 4.65. The molecule has 0 aromatic rings. The standard InChI is InChI=1S/C10H20O3/c1-8(2)4-5-9(6-7-11)10(12)13-3/h8-9,11H,4-7H2,1-3H3/t9-/m0/s1. The van der Waals surface area contributed by atoms with Gasteiger partial charge in [-0.1, -0.05) is 20.3 Å². The predicted octanol–water partition coefficient (Wildman–Crippen LogP) is 1.59. The van der Waals surface area contributed by atoms with Gasteiger partial charge in [0, 0.05) is 6.61 Å². The number of methoxy groups -OCH3 is 1. The van der Waals surface area contributed by atoms with E-state index in [9.17, 15) is 4.79 Å². The monoisotopic (exact) mass is 188 g/mol. The van der Waals surface area contributed by atoms with Gasteiger partial charge in [-0.2, -0.15) is 0 Å². The Kier molecular flexibility index (Phi) is 6.59. The Morgan fingerprint density at radius 3 is 2.31 bits per heavy atom. The highest BCUT2D eigenvalue weighted by atomic mass is 16.5. The molecule has 0 unspecified atom stereocenters. The highest BCUT2D eigenvalue weighted by Gasteiger charge is 2.18. The fraction of sp³-hybridized carbons (Fsp3) is 0.900. The van der Waals surface area contributed by atoms with Crippen LogP contribution in [0, 0.1) is 11.8 Å². The molecule has 0 saturated heterocycles. The quantitative estimate of drug-likeness (QED) is 0.644. The molecule has 0 aliphatic rings. The van der Waals surface area contributed by atoms with Gasteiger partial charge >= 0.3 is 5.97 Å². The van der Waals surface area contributed by atoms with Gasteiger partial charge in [0.05, 0.1) is 13.0 Å². The Morgan fingerprint density at radius 1 is 1.31 bits per heavy atom. The van der Waals surface area contributed by atoms with Gasteiger partial charge in [0.1, 0.15) is 0 Å². The molecule has 3 nitrogen and oxygen atoms in total. The second-order valence-corrected chi connectivity index (χ2v) is 3.70. The Balaban J connectivity index is 3.86. The van der Waals surface area contributed by atoms with Crippen molar-refractivity contribution in [2.75, 3.05) is 13.7 Å². The van der Waals surface area contributed by atoms with Gasteiger partial charge in [-0.15, -0.1) is 0 Å². The van der Waals surface area contributed by atoms with Crippen LogP contribution in [0.4, 0.5) is 0 Å². The summed E-state index contributed by atoms with van der Waals surface area (Å²) in [6.45, 7) is 4.29. The van der Waals surface area contributed by atoms with Gasteiger partial charge < -0.3 is 9.84 Å². The summed E-state index contributed by atoms with van der Waals surface area (Å²) in [4.78, 5) is 11.2. The maximum Gasteiger partial charge on any atom is 0.308 e. The third-order valence-electron chi connectivity index (χ3n) is 2.10. The first-order valence-corrected chi connectivity index (χ1v) is 4.80. The van der Waals surface area contributed by atoms with Crippen LogP contribution < -0.4 is 0 Å². The van der Waals surface area contributed by atoms with E-state index >= 15 is 0 Å². The van der Waals surface area contributed by atoms with Crippen molar-refractivity contribution < 1.29 is 14.6 Å². The first-order valence-electron chi connectivity index (χ1n) is 4.80. The molecule has 78 valence electrons. The molecule has 13 heavy (non-hydrogen) atoms. The minimum absolute atomic E-state index is 0.0534. The van der Waals surface area contributed by atoms with Crippen LogP contribution in [0.2, 0.25) is 0 Å². The molecule has 0 heterocycles. The zero-order chi connectivity index (χ0) is 10.3. The summed E-state index contributed by atoms with van der Waals surface area (Å²) in [6, 6.07) is 0. The van der Waals surface area contributed by atoms with Crippen LogP contribution in [0.15, 0.2) is 0 Å². The lowest BCUT2D eigenvalue weighted by Crippen LogP contribution is -2.18. The molecule has 0 bridgehead atoms. The van der Waals surface area contributed by atoms with Crippen LogP contribution in [0.5, 0.6) is 0 Å². The molecule has 0 spiro atoms. The number of aliphatic hydroxyl groups is 1. The second kappa shape index (κ2) is 6.89. The largest absolute Gasteiger partial charge is 0.469 e. The van der Waals surface area contributed by atoms with E-state index < -0.39 is 0 Å². The molecule has 3 heteroatoms. The number of ether oxygens (including phenoxy) is 1. The Labute approximate surface area is 80.1 Å². The number of aliphatic hydroxyl groups excluding tert-OH is 1. The molecule has 0 fully saturated rings. The van der Waals surface area contributed by atoms with Gasteiger partial charge in [0.15, 0.2) is 0 Å². The Morgan fingerprint density at radius 2 is 1.92 bits per heavy atom. The topological polar surface area (TPSA) is 46.5 Å². The van der Waals surface area contributed by atoms with E-state index in [0.717, 1.165) is 12.8 Å². The fourth-order valence-corrected chi connectivity index (χ4v) is 1.24. The molecule has 0 amide bonds. The minimum atomic E-state index is -0.199. The van der Waals surface area contributed by atoms with Crippen LogP contribution in [0.3, 0.4) is 0 Å². The molecule has 0 aromatic carbocycles. The van der Waals surface area contributed by atoms with Crippen molar-refractivity contribution in [1.82, 2.24) is 0 Å². The van der Waals surface area contributed by atoms with Gasteiger partial charge in [-0.3, -0.25) is 4.79 Å². The zero-order valence-electron chi connectivity index (χ0n) is 8.75. The van der Waals surface area contributed by atoms with E-state index in [1.54, 1.807) is 0 Å². The fourth-order valence-electron chi connectivity index (χ4n) is 1.24. The number of rotatable bonds is 6. The molecule has 0 radical (unpaired) electrons. The van der Waals surface area contributed by atoms with Gasteiger partial charge in [-0.25, -0.2) is 0 Å². The lowest BCUT2D eigenvalue weighted by atomic mass is 9.95. The van der Waals surface area contributed by atoms with Gasteiger partial charge in [0.25, 0.3) is 0 Å². The first kappa shape index (κ1) is 12.4. The molecule has 1 atom stereocenters. The summed E-state index contributed by atoms with van der Waals surface area (Å²) in [5, 5.41) is 8.74. The molecule has 0 aromatic heterocycles. The van der Waals surface area contributed by atoms with Crippen molar-refractivity contribution in [3.63, 3.8) is 0 Å². The van der Waals surface area contributed by atoms with E-state index in [1.807, 2.05) is 0 Å². The molecule has 0 rings (SSSR count). The van der Waals surface area contributed by atoms with E-state index in [1.165, 1.54) is 7.11 Å². The van der Waals surface area contributed by atoms with Crippen molar-refractivity contribution in [2.24, 2.45) is 11.8 Å². The van der Waals surface area contributed by atoms with E-state index in [2.05, 4.69) is 18.6 Å². The number of carbonyl (C=O) groups is 1. The van der Waals surface area contributed by atoms with Crippen LogP contribution in [-0.2, 0) is 9.53 Å². The summed E-state index contributed by atoms with van der Waals surface area (Å²) in [5.41, 5.74) is 0. The minimum Gasteiger partial charge on any atom is -0.469 e. The summed E-state index contributed by atoms with van der Waals surface area (Å²) in [5.74, 6) is 0.262. The van der Waals surface area contributed by atoms with Crippen LogP contribution in [0.1, 0.15) is 33.1 Å². The SMILES string of the molecule is COC(=O)[C@H](CCO)CCC(C)C. The maximum atomic E-state index is 11.2. The number of hydrogen-bond donors (Lipinski definition) is 1. The average molecular weight is 188 g/mol. The van der Waals surface area contributed by atoms with Crippen molar-refractivity contribution in [1.29, 1.82) is 0 Å². The van der Waals surface area contributed by atoms with Crippen molar-refractivity contribution in [2.45, 2.75) is 33.1 Å². The van der Waals surface area contributed by atoms with E-state index in [0.29, 0.717) is 12.3 Å². The summed E-state index contributed by atoms with van der Waals surface area (Å²) >= 11 is 0. The Hall–Kier alpha value is -0.570. The van der Waals surface area contributed by atoms with Crippen molar-refractivity contribution in [3.8, 4) is 0 Å². The molecular formula is C10H20O3. The number of esters is 1. The third kappa shape index (κ3) is 5.64. The highest BCUT2D eigenvalue weighted by Crippen LogP contribution is 2.16. The highest BCUT2D eigenvalue weighted by molar-refractivity contribution is 5.72. The number of carbonyl (C=O) groups excluding carboxylic acids is 1. The second-order valence-electron chi connectivity index (χ2n) is 3.70. The van der Waals surface area contributed by atoms with E-state index in [4.69, 9.17) is 5.11 Å². The van der Waals surface area contributed by atoms with E-state index in [-0.39, 0.29) is 18.5 Å². The molecule has 0 aliphatic carbocycles. The van der Waals surface area contributed by atoms with Crippen LogP contribution >= 0.6 is 0 Å². The Bertz CT molecular complexity index is 143.